The van der Waals surface area contributed by atoms with E-state index in [4.69, 9.17) is 0 Å². The van der Waals surface area contributed by atoms with Crippen molar-refractivity contribution in [2.45, 2.75) is 46.1 Å². The third kappa shape index (κ3) is 5.25. The van der Waals surface area contributed by atoms with Crippen LogP contribution in [0.2, 0.25) is 0 Å². The van der Waals surface area contributed by atoms with Crippen LogP contribution in [0, 0.1) is 5.92 Å². The molecule has 68 valence electrons. The first-order valence-electron chi connectivity index (χ1n) is 4.74. The Balaban J connectivity index is 3.37. The van der Waals surface area contributed by atoms with Gasteiger partial charge < -0.3 is 4.90 Å². The Hall–Kier alpha value is -0.0400. The van der Waals surface area contributed by atoms with Crippen molar-refractivity contribution in [1.82, 2.24) is 4.90 Å². The highest BCUT2D eigenvalue weighted by molar-refractivity contribution is 4.61. The molecule has 1 nitrogen and oxygen atoms in total. The fraction of sp³-hybridized carbons (Fsp3) is 1.00. The Kier molecular flexibility index (Phi) is 5.57. The predicted molar refractivity (Wildman–Crippen MR) is 51.8 cm³/mol. The van der Waals surface area contributed by atoms with Crippen LogP contribution in [0.25, 0.3) is 0 Å². The molecular weight excluding hydrogens is 134 g/mol. The monoisotopic (exact) mass is 157 g/mol. The number of nitrogens with zero attached hydrogens (tertiary/aromatic N) is 1. The van der Waals surface area contributed by atoms with Gasteiger partial charge in [-0.1, -0.05) is 20.3 Å². The van der Waals surface area contributed by atoms with Crippen LogP contribution in [0.1, 0.15) is 40.0 Å². The normalized spacial score (nSPS) is 16.9. The smallest absolute Gasteiger partial charge is 0.00609 e. The van der Waals surface area contributed by atoms with Crippen LogP contribution in [0.4, 0.5) is 0 Å². The highest BCUT2D eigenvalue weighted by Crippen LogP contribution is 2.12. The van der Waals surface area contributed by atoms with Gasteiger partial charge in [0.1, 0.15) is 0 Å². The predicted octanol–water partition coefficient (Wildman–Crippen LogP) is 2.76. The topological polar surface area (TPSA) is 3.24 Å². The van der Waals surface area contributed by atoms with E-state index in [1.165, 1.54) is 19.3 Å². The third-order valence-electron chi connectivity index (χ3n) is 2.66. The lowest BCUT2D eigenvalue weighted by Gasteiger charge is -2.20. The Morgan fingerprint density at radius 1 is 1.09 bits per heavy atom. The largest absolute Gasteiger partial charge is 0.307 e. The van der Waals surface area contributed by atoms with Crippen LogP contribution >= 0.6 is 0 Å². The molecule has 0 bridgehead atoms. The SMILES string of the molecule is CC[C@H](C)CC[C@@H](C)N(C)C. The first kappa shape index (κ1) is 11.0. The van der Waals surface area contributed by atoms with Gasteiger partial charge in [0.05, 0.1) is 0 Å². The van der Waals surface area contributed by atoms with Crippen molar-refractivity contribution in [3.8, 4) is 0 Å². The van der Waals surface area contributed by atoms with E-state index in [1.54, 1.807) is 0 Å². The summed E-state index contributed by atoms with van der Waals surface area (Å²) in [6.45, 7) is 6.90. The van der Waals surface area contributed by atoms with E-state index in [9.17, 15) is 0 Å². The Bertz CT molecular complexity index is 88.9. The summed E-state index contributed by atoms with van der Waals surface area (Å²) in [4.78, 5) is 2.29. The Morgan fingerprint density at radius 3 is 2.00 bits per heavy atom. The molecular formula is C10H23N. The second-order valence-corrected chi connectivity index (χ2v) is 3.90. The first-order chi connectivity index (χ1) is 5.07. The molecule has 0 aliphatic carbocycles. The average Bonchev–Trinajstić information content (AvgIpc) is 1.99. The van der Waals surface area contributed by atoms with Gasteiger partial charge in [0.25, 0.3) is 0 Å². The van der Waals surface area contributed by atoms with Crippen LogP contribution in [-0.2, 0) is 0 Å². The molecule has 0 rings (SSSR count). The maximum absolute atomic E-state index is 2.34. The average molecular weight is 157 g/mol. The molecule has 1 heteroatoms. The minimum Gasteiger partial charge on any atom is -0.307 e. The standard InChI is InChI=1S/C10H23N/c1-6-9(2)7-8-10(3)11(4)5/h9-10H,6-8H2,1-5H3/t9-,10+/m0/s1. The molecule has 0 aromatic carbocycles. The van der Waals surface area contributed by atoms with Crippen molar-refractivity contribution in [3.05, 3.63) is 0 Å². The van der Waals surface area contributed by atoms with E-state index >= 15 is 0 Å². The van der Waals surface area contributed by atoms with Gasteiger partial charge in [0.2, 0.25) is 0 Å². The van der Waals surface area contributed by atoms with E-state index < -0.39 is 0 Å². The molecule has 0 aliphatic heterocycles. The van der Waals surface area contributed by atoms with Crippen molar-refractivity contribution < 1.29 is 0 Å². The summed E-state index contributed by atoms with van der Waals surface area (Å²) in [7, 11) is 4.31. The maximum atomic E-state index is 2.34. The summed E-state index contributed by atoms with van der Waals surface area (Å²) in [5.74, 6) is 0.900. The Morgan fingerprint density at radius 2 is 1.64 bits per heavy atom. The summed E-state index contributed by atoms with van der Waals surface area (Å²) in [5.41, 5.74) is 0. The van der Waals surface area contributed by atoms with Crippen LogP contribution in [-0.4, -0.2) is 25.0 Å². The molecule has 2 atom stereocenters. The van der Waals surface area contributed by atoms with Crippen molar-refractivity contribution in [2.75, 3.05) is 14.1 Å². The molecule has 0 aromatic heterocycles. The quantitative estimate of drug-likeness (QED) is 0.593. The highest BCUT2D eigenvalue weighted by atomic mass is 15.1. The summed E-state index contributed by atoms with van der Waals surface area (Å²) in [6.07, 6.45) is 4.03. The van der Waals surface area contributed by atoms with Gasteiger partial charge in [0.15, 0.2) is 0 Å². The molecule has 11 heavy (non-hydrogen) atoms. The first-order valence-corrected chi connectivity index (χ1v) is 4.74. The molecule has 0 amide bonds. The molecule has 0 saturated carbocycles. The highest BCUT2D eigenvalue weighted by Gasteiger charge is 2.06. The van der Waals surface area contributed by atoms with Crippen molar-refractivity contribution >= 4 is 0 Å². The molecule has 0 aliphatic rings. The van der Waals surface area contributed by atoms with Crippen LogP contribution < -0.4 is 0 Å². The van der Waals surface area contributed by atoms with E-state index in [2.05, 4.69) is 39.8 Å². The zero-order valence-electron chi connectivity index (χ0n) is 8.72. The lowest BCUT2D eigenvalue weighted by Crippen LogP contribution is -2.24. The molecule has 0 saturated heterocycles. The number of hydrogen-bond donors (Lipinski definition) is 0. The summed E-state index contributed by atoms with van der Waals surface area (Å²) < 4.78 is 0. The molecule has 0 spiro atoms. The molecule has 0 N–H and O–H groups in total. The molecule has 0 aromatic rings. The Labute approximate surface area is 71.8 Å². The van der Waals surface area contributed by atoms with E-state index in [0.717, 1.165) is 12.0 Å². The molecule has 0 heterocycles. The zero-order chi connectivity index (χ0) is 8.85. The van der Waals surface area contributed by atoms with Crippen LogP contribution in [0.15, 0.2) is 0 Å². The second kappa shape index (κ2) is 5.59. The number of hydrogen-bond acceptors (Lipinski definition) is 1. The van der Waals surface area contributed by atoms with Gasteiger partial charge in [-0.05, 0) is 39.8 Å². The van der Waals surface area contributed by atoms with Crippen LogP contribution in [0.5, 0.6) is 0 Å². The van der Waals surface area contributed by atoms with E-state index in [1.807, 2.05) is 0 Å². The van der Waals surface area contributed by atoms with E-state index in [0.29, 0.717) is 0 Å². The maximum Gasteiger partial charge on any atom is 0.00609 e. The van der Waals surface area contributed by atoms with Gasteiger partial charge in [-0.15, -0.1) is 0 Å². The van der Waals surface area contributed by atoms with Crippen molar-refractivity contribution in [3.63, 3.8) is 0 Å². The zero-order valence-corrected chi connectivity index (χ0v) is 8.72. The summed E-state index contributed by atoms with van der Waals surface area (Å²) in [5, 5.41) is 0. The molecule has 0 radical (unpaired) electrons. The lowest BCUT2D eigenvalue weighted by atomic mass is 10.00. The van der Waals surface area contributed by atoms with Gasteiger partial charge in [-0.3, -0.25) is 0 Å². The summed E-state index contributed by atoms with van der Waals surface area (Å²) >= 11 is 0. The minimum absolute atomic E-state index is 0.740. The van der Waals surface area contributed by atoms with Crippen molar-refractivity contribution in [2.24, 2.45) is 5.92 Å². The minimum atomic E-state index is 0.740. The fourth-order valence-corrected chi connectivity index (χ4v) is 0.988. The van der Waals surface area contributed by atoms with Gasteiger partial charge in [-0.25, -0.2) is 0 Å². The third-order valence-corrected chi connectivity index (χ3v) is 2.66. The molecule has 0 unspecified atom stereocenters. The summed E-state index contributed by atoms with van der Waals surface area (Å²) in [6, 6.07) is 0.740. The molecule has 0 fully saturated rings. The van der Waals surface area contributed by atoms with Crippen LogP contribution in [0.3, 0.4) is 0 Å². The van der Waals surface area contributed by atoms with Crippen molar-refractivity contribution in [1.29, 1.82) is 0 Å². The van der Waals surface area contributed by atoms with Gasteiger partial charge >= 0.3 is 0 Å². The fourth-order valence-electron chi connectivity index (χ4n) is 0.988. The second-order valence-electron chi connectivity index (χ2n) is 3.90. The lowest BCUT2D eigenvalue weighted by molar-refractivity contribution is 0.279. The van der Waals surface area contributed by atoms with Gasteiger partial charge in [0, 0.05) is 6.04 Å². The van der Waals surface area contributed by atoms with E-state index in [-0.39, 0.29) is 0 Å². The van der Waals surface area contributed by atoms with Gasteiger partial charge in [-0.2, -0.15) is 0 Å². The number of rotatable bonds is 5.